The van der Waals surface area contributed by atoms with Crippen molar-refractivity contribution in [1.29, 1.82) is 0 Å². The van der Waals surface area contributed by atoms with Crippen molar-refractivity contribution in [3.05, 3.63) is 120 Å². The first-order chi connectivity index (χ1) is 21.2. The van der Waals surface area contributed by atoms with E-state index in [-0.39, 0.29) is 24.4 Å². The van der Waals surface area contributed by atoms with Crippen molar-refractivity contribution in [3.63, 3.8) is 0 Å². The summed E-state index contributed by atoms with van der Waals surface area (Å²) in [6.07, 6.45) is 1.80. The minimum atomic E-state index is -4.68. The number of carbonyl (C=O) groups is 2. The number of carbonyl (C=O) groups excluding carboxylic acids is 2. The van der Waals surface area contributed by atoms with Gasteiger partial charge in [0.25, 0.3) is 0 Å². The fourth-order valence-electron chi connectivity index (χ4n) is 4.45. The van der Waals surface area contributed by atoms with E-state index in [0.717, 1.165) is 34.8 Å². The number of methoxy groups -OCH3 is 1. The Hall–Kier alpha value is -4.90. The smallest absolute Gasteiger partial charge is 0.383 e. The molecule has 1 atom stereocenters. The highest BCUT2D eigenvalue weighted by atomic mass is 19.4. The quantitative estimate of drug-likeness (QED) is 0.204. The van der Waals surface area contributed by atoms with Crippen molar-refractivity contribution in [3.8, 4) is 11.3 Å². The van der Waals surface area contributed by atoms with Crippen molar-refractivity contribution in [2.75, 3.05) is 27.3 Å². The molecule has 2 heterocycles. The van der Waals surface area contributed by atoms with Crippen LogP contribution in [0.5, 0.6) is 0 Å². The second-order valence-electron chi connectivity index (χ2n) is 10.0. The maximum atomic E-state index is 13.9. The van der Waals surface area contributed by atoms with E-state index in [1.165, 1.54) is 22.0 Å². The molecule has 228 valence electrons. The molecule has 0 fully saturated rings. The molecule has 0 bridgehead atoms. The zero-order chi connectivity index (χ0) is 31.5. The van der Waals surface area contributed by atoms with Gasteiger partial charge in [-0.25, -0.2) is 9.97 Å². The lowest BCUT2D eigenvalue weighted by molar-refractivity contribution is -0.145. The predicted octanol–water partition coefficient (Wildman–Crippen LogP) is 5.32. The molecule has 2 aromatic carbocycles. The molecule has 11 heteroatoms. The Morgan fingerprint density at radius 3 is 2.20 bits per heavy atom. The standard InChI is InChI=1S/C33H32F3N5O3/c1-40(18-19-44-2)31(43)29(20-24-8-4-3-5-9-24)41(23-25-11-14-27(15-12-25)28-10-6-7-17-37-28)30(42)16-13-26-21-38-32(39-22-26)33(34,35)36/h3-17,21-22,29H,18-20,23H2,1-2H3/t29-/m0/s1. The number of hydrogen-bond acceptors (Lipinski definition) is 6. The van der Waals surface area contributed by atoms with Gasteiger partial charge in [0.15, 0.2) is 0 Å². The van der Waals surface area contributed by atoms with Gasteiger partial charge in [-0.2, -0.15) is 13.2 Å². The van der Waals surface area contributed by atoms with Crippen LogP contribution in [0.3, 0.4) is 0 Å². The molecule has 2 aromatic heterocycles. The molecule has 4 aromatic rings. The van der Waals surface area contributed by atoms with Gasteiger partial charge in [0.1, 0.15) is 6.04 Å². The van der Waals surface area contributed by atoms with Crippen molar-refractivity contribution >= 4 is 17.9 Å². The summed E-state index contributed by atoms with van der Waals surface area (Å²) >= 11 is 0. The number of halogens is 3. The summed E-state index contributed by atoms with van der Waals surface area (Å²) in [6.45, 7) is 0.730. The fraction of sp³-hybridized carbons (Fsp3) is 0.242. The summed E-state index contributed by atoms with van der Waals surface area (Å²) in [5, 5.41) is 0. The fourth-order valence-corrected chi connectivity index (χ4v) is 4.45. The van der Waals surface area contributed by atoms with Gasteiger partial charge in [0, 0.05) is 69.5 Å². The molecule has 8 nitrogen and oxygen atoms in total. The summed E-state index contributed by atoms with van der Waals surface area (Å²) in [5.41, 5.74) is 3.52. The minimum absolute atomic E-state index is 0.0938. The van der Waals surface area contributed by atoms with Gasteiger partial charge in [-0.05, 0) is 29.3 Å². The molecule has 0 spiro atoms. The molecule has 0 unspecified atom stereocenters. The second kappa shape index (κ2) is 15.0. The van der Waals surface area contributed by atoms with Gasteiger partial charge in [-0.15, -0.1) is 0 Å². The Kier molecular flexibility index (Phi) is 10.9. The highest BCUT2D eigenvalue weighted by molar-refractivity contribution is 5.95. The van der Waals surface area contributed by atoms with E-state index in [1.807, 2.05) is 72.8 Å². The number of rotatable bonds is 12. The Morgan fingerprint density at radius 1 is 0.909 bits per heavy atom. The van der Waals surface area contributed by atoms with Gasteiger partial charge in [0.05, 0.1) is 12.3 Å². The van der Waals surface area contributed by atoms with Crippen LogP contribution in [0.4, 0.5) is 13.2 Å². The zero-order valence-electron chi connectivity index (χ0n) is 24.3. The van der Waals surface area contributed by atoms with Crippen LogP contribution in [-0.4, -0.2) is 69.9 Å². The number of amides is 2. The molecule has 0 aliphatic rings. The summed E-state index contributed by atoms with van der Waals surface area (Å²) in [4.78, 5) is 41.7. The van der Waals surface area contributed by atoms with E-state index in [0.29, 0.717) is 13.2 Å². The number of alkyl halides is 3. The Morgan fingerprint density at radius 2 is 1.59 bits per heavy atom. The summed E-state index contributed by atoms with van der Waals surface area (Å²) in [5.74, 6) is -2.06. The van der Waals surface area contributed by atoms with Gasteiger partial charge in [0.2, 0.25) is 17.6 Å². The lowest BCUT2D eigenvalue weighted by Gasteiger charge is -2.33. The highest BCUT2D eigenvalue weighted by Crippen LogP contribution is 2.25. The lowest BCUT2D eigenvalue weighted by atomic mass is 10.0. The Bertz CT molecular complexity index is 1530. The zero-order valence-corrected chi connectivity index (χ0v) is 24.3. The molecular formula is C33H32F3N5O3. The Labute approximate surface area is 253 Å². The van der Waals surface area contributed by atoms with E-state index in [9.17, 15) is 22.8 Å². The monoisotopic (exact) mass is 603 g/mol. The largest absolute Gasteiger partial charge is 0.451 e. The average molecular weight is 604 g/mol. The van der Waals surface area contributed by atoms with Crippen LogP contribution < -0.4 is 0 Å². The number of nitrogens with zero attached hydrogens (tertiary/aromatic N) is 5. The lowest BCUT2D eigenvalue weighted by Crippen LogP contribution is -2.51. The summed E-state index contributed by atoms with van der Waals surface area (Å²) < 4.78 is 43.9. The molecular weight excluding hydrogens is 571 g/mol. The van der Waals surface area contributed by atoms with Crippen LogP contribution in [0.15, 0.2) is 97.5 Å². The van der Waals surface area contributed by atoms with E-state index < -0.39 is 23.9 Å². The maximum Gasteiger partial charge on any atom is 0.451 e. The molecule has 0 aliphatic carbocycles. The highest BCUT2D eigenvalue weighted by Gasteiger charge is 2.34. The van der Waals surface area contributed by atoms with Crippen LogP contribution in [0.25, 0.3) is 17.3 Å². The summed E-state index contributed by atoms with van der Waals surface area (Å²) in [7, 11) is 3.19. The van der Waals surface area contributed by atoms with Crippen LogP contribution in [-0.2, 0) is 33.5 Å². The van der Waals surface area contributed by atoms with Crippen molar-refractivity contribution in [2.24, 2.45) is 0 Å². The first-order valence-electron chi connectivity index (χ1n) is 13.8. The number of benzene rings is 2. The van der Waals surface area contributed by atoms with Crippen LogP contribution in [0.2, 0.25) is 0 Å². The topological polar surface area (TPSA) is 88.5 Å². The SMILES string of the molecule is COCCN(C)C(=O)[C@H](Cc1ccccc1)N(Cc1ccc(-c2ccccn2)cc1)C(=O)C=Cc1cnc(C(F)(F)F)nc1. The predicted molar refractivity (Wildman–Crippen MR) is 160 cm³/mol. The van der Waals surface area contributed by atoms with E-state index in [1.54, 1.807) is 20.4 Å². The number of hydrogen-bond donors (Lipinski definition) is 0. The number of ether oxygens (including phenoxy) is 1. The van der Waals surface area contributed by atoms with Gasteiger partial charge in [-0.1, -0.05) is 60.7 Å². The molecule has 0 saturated carbocycles. The van der Waals surface area contributed by atoms with Crippen LogP contribution in [0.1, 0.15) is 22.5 Å². The molecule has 4 rings (SSSR count). The molecule has 0 N–H and O–H groups in total. The van der Waals surface area contributed by atoms with Gasteiger partial charge < -0.3 is 14.5 Å². The first kappa shape index (κ1) is 32.0. The molecule has 44 heavy (non-hydrogen) atoms. The van der Waals surface area contributed by atoms with E-state index in [2.05, 4.69) is 15.0 Å². The van der Waals surface area contributed by atoms with Crippen molar-refractivity contribution < 1.29 is 27.5 Å². The first-order valence-corrected chi connectivity index (χ1v) is 13.8. The number of likely N-dealkylation sites (N-methyl/N-ethyl adjacent to an activating group) is 1. The molecule has 2 amide bonds. The maximum absolute atomic E-state index is 13.9. The normalized spacial score (nSPS) is 12.2. The van der Waals surface area contributed by atoms with E-state index in [4.69, 9.17) is 4.74 Å². The van der Waals surface area contributed by atoms with Crippen LogP contribution >= 0.6 is 0 Å². The van der Waals surface area contributed by atoms with Crippen molar-refractivity contribution in [1.82, 2.24) is 24.8 Å². The molecule has 0 saturated heterocycles. The van der Waals surface area contributed by atoms with Crippen LogP contribution in [0, 0.1) is 0 Å². The molecule has 0 aliphatic heterocycles. The third-order valence-electron chi connectivity index (χ3n) is 6.83. The van der Waals surface area contributed by atoms with Gasteiger partial charge in [-0.3, -0.25) is 14.6 Å². The van der Waals surface area contributed by atoms with E-state index >= 15 is 0 Å². The third-order valence-corrected chi connectivity index (χ3v) is 6.83. The Balaban J connectivity index is 1.67. The summed E-state index contributed by atoms with van der Waals surface area (Å²) in [6, 6.07) is 21.6. The second-order valence-corrected chi connectivity index (χ2v) is 10.0. The third kappa shape index (κ3) is 8.81. The van der Waals surface area contributed by atoms with Crippen molar-refractivity contribution in [2.45, 2.75) is 25.2 Å². The van der Waals surface area contributed by atoms with Gasteiger partial charge >= 0.3 is 6.18 Å². The minimum Gasteiger partial charge on any atom is -0.383 e. The molecule has 0 radical (unpaired) electrons. The number of aromatic nitrogens is 3. The average Bonchev–Trinajstić information content (AvgIpc) is 3.04. The number of pyridine rings is 1.